The zero-order valence-corrected chi connectivity index (χ0v) is 16.2. The SMILES string of the molecule is CC1=C(C(=O)Nc2ccccc2C(=O)N[C@H]2CCCC[C@H]2C)SCCO1. The van der Waals surface area contributed by atoms with Crippen molar-refractivity contribution in [3.05, 3.63) is 40.5 Å². The number of thioether (sulfide) groups is 1. The molecule has 6 heteroatoms. The maximum atomic E-state index is 12.8. The Balaban J connectivity index is 1.73. The summed E-state index contributed by atoms with van der Waals surface area (Å²) in [6, 6.07) is 7.36. The van der Waals surface area contributed by atoms with E-state index in [2.05, 4.69) is 17.6 Å². The van der Waals surface area contributed by atoms with Crippen LogP contribution in [0.15, 0.2) is 34.9 Å². The van der Waals surface area contributed by atoms with Crippen LogP contribution in [-0.2, 0) is 9.53 Å². The Morgan fingerprint density at radius 2 is 1.92 bits per heavy atom. The van der Waals surface area contributed by atoms with Gasteiger partial charge in [0.05, 0.1) is 17.9 Å². The van der Waals surface area contributed by atoms with Gasteiger partial charge in [-0.2, -0.15) is 0 Å². The molecule has 0 bridgehead atoms. The average molecular weight is 375 g/mol. The topological polar surface area (TPSA) is 67.4 Å². The number of hydrogen-bond acceptors (Lipinski definition) is 4. The van der Waals surface area contributed by atoms with Crippen LogP contribution in [0.25, 0.3) is 0 Å². The van der Waals surface area contributed by atoms with Gasteiger partial charge in [0, 0.05) is 11.8 Å². The van der Waals surface area contributed by atoms with Gasteiger partial charge in [-0.15, -0.1) is 11.8 Å². The van der Waals surface area contributed by atoms with E-state index in [1.807, 2.05) is 12.1 Å². The standard InChI is InChI=1S/C20H26N2O3S/c1-13-7-3-5-9-16(13)21-19(23)15-8-4-6-10-17(15)22-20(24)18-14(2)25-11-12-26-18/h4,6,8,10,13,16H,3,5,7,9,11-12H2,1-2H3,(H,21,23)(H,22,24)/t13-,16+/m1/s1. The van der Waals surface area contributed by atoms with E-state index in [0.717, 1.165) is 25.0 Å². The third-order valence-electron chi connectivity index (χ3n) is 5.02. The number of amides is 2. The van der Waals surface area contributed by atoms with Crippen molar-refractivity contribution in [2.45, 2.75) is 45.6 Å². The highest BCUT2D eigenvalue weighted by Gasteiger charge is 2.25. The number of allylic oxidation sites excluding steroid dienone is 1. The molecule has 1 aromatic rings. The second-order valence-corrected chi connectivity index (χ2v) is 8.03. The molecule has 0 spiro atoms. The van der Waals surface area contributed by atoms with Gasteiger partial charge in [0.25, 0.3) is 11.8 Å². The van der Waals surface area contributed by atoms with E-state index in [9.17, 15) is 9.59 Å². The molecular weight excluding hydrogens is 348 g/mol. The fourth-order valence-corrected chi connectivity index (χ4v) is 4.29. The fraction of sp³-hybridized carbons (Fsp3) is 0.500. The lowest BCUT2D eigenvalue weighted by Gasteiger charge is -2.29. The number of rotatable bonds is 4. The van der Waals surface area contributed by atoms with Gasteiger partial charge in [-0.05, 0) is 37.8 Å². The maximum absolute atomic E-state index is 12.8. The van der Waals surface area contributed by atoms with Crippen LogP contribution in [0.4, 0.5) is 5.69 Å². The third-order valence-corrected chi connectivity index (χ3v) is 6.15. The quantitative estimate of drug-likeness (QED) is 0.838. The van der Waals surface area contributed by atoms with Gasteiger partial charge in [0.2, 0.25) is 0 Å². The molecule has 0 aromatic heterocycles. The van der Waals surface area contributed by atoms with Gasteiger partial charge in [-0.1, -0.05) is 31.9 Å². The number of benzene rings is 1. The summed E-state index contributed by atoms with van der Waals surface area (Å²) in [5.41, 5.74) is 1.03. The van der Waals surface area contributed by atoms with Crippen LogP contribution in [0.2, 0.25) is 0 Å². The second kappa shape index (κ2) is 8.62. The lowest BCUT2D eigenvalue weighted by Crippen LogP contribution is -2.41. The van der Waals surface area contributed by atoms with E-state index in [-0.39, 0.29) is 17.9 Å². The van der Waals surface area contributed by atoms with Crippen LogP contribution in [-0.4, -0.2) is 30.2 Å². The first-order valence-electron chi connectivity index (χ1n) is 9.24. The summed E-state index contributed by atoms with van der Waals surface area (Å²) in [5.74, 6) is 1.52. The molecule has 1 fully saturated rings. The molecule has 1 aliphatic carbocycles. The number of ether oxygens (including phenoxy) is 1. The molecule has 2 atom stereocenters. The number of para-hydroxylation sites is 1. The van der Waals surface area contributed by atoms with E-state index < -0.39 is 0 Å². The molecule has 5 nitrogen and oxygen atoms in total. The van der Waals surface area contributed by atoms with Gasteiger partial charge in [-0.25, -0.2) is 0 Å². The Hall–Kier alpha value is -1.95. The molecule has 1 saturated carbocycles. The van der Waals surface area contributed by atoms with Crippen molar-refractivity contribution in [1.29, 1.82) is 0 Å². The van der Waals surface area contributed by atoms with Crippen LogP contribution in [0, 0.1) is 5.92 Å². The lowest BCUT2D eigenvalue weighted by molar-refractivity contribution is -0.112. The Labute approximate surface area is 158 Å². The molecule has 1 heterocycles. The van der Waals surface area contributed by atoms with E-state index in [1.165, 1.54) is 18.2 Å². The number of anilines is 1. The molecule has 2 aliphatic rings. The Morgan fingerprint density at radius 3 is 2.69 bits per heavy atom. The van der Waals surface area contributed by atoms with Crippen molar-refractivity contribution in [2.75, 3.05) is 17.7 Å². The molecule has 140 valence electrons. The summed E-state index contributed by atoms with van der Waals surface area (Å²) in [6.07, 6.45) is 4.54. The zero-order valence-electron chi connectivity index (χ0n) is 15.3. The predicted octanol–water partition coefficient (Wildman–Crippen LogP) is 3.93. The summed E-state index contributed by atoms with van der Waals surface area (Å²) < 4.78 is 5.46. The van der Waals surface area contributed by atoms with Gasteiger partial charge < -0.3 is 15.4 Å². The molecule has 0 saturated heterocycles. The van der Waals surface area contributed by atoms with E-state index in [1.54, 1.807) is 19.1 Å². The highest BCUT2D eigenvalue weighted by atomic mass is 32.2. The van der Waals surface area contributed by atoms with E-state index in [0.29, 0.717) is 34.4 Å². The van der Waals surface area contributed by atoms with E-state index in [4.69, 9.17) is 4.74 Å². The second-order valence-electron chi connectivity index (χ2n) is 6.92. The van der Waals surface area contributed by atoms with Crippen molar-refractivity contribution in [1.82, 2.24) is 5.32 Å². The van der Waals surface area contributed by atoms with Gasteiger partial charge >= 0.3 is 0 Å². The molecule has 0 radical (unpaired) electrons. The largest absolute Gasteiger partial charge is 0.496 e. The summed E-state index contributed by atoms with van der Waals surface area (Å²) in [6.45, 7) is 4.60. The minimum atomic E-state index is -0.224. The van der Waals surface area contributed by atoms with Crippen LogP contribution < -0.4 is 10.6 Å². The van der Waals surface area contributed by atoms with Gasteiger partial charge in [0.15, 0.2) is 0 Å². The first kappa shape index (κ1) is 18.8. The summed E-state index contributed by atoms with van der Waals surface area (Å²) in [7, 11) is 0. The molecular formula is C20H26N2O3S. The summed E-state index contributed by atoms with van der Waals surface area (Å²) >= 11 is 1.48. The van der Waals surface area contributed by atoms with Crippen LogP contribution in [0.1, 0.15) is 49.9 Å². The molecule has 2 N–H and O–H groups in total. The highest BCUT2D eigenvalue weighted by molar-refractivity contribution is 8.04. The third kappa shape index (κ3) is 4.41. The van der Waals surface area contributed by atoms with E-state index >= 15 is 0 Å². The number of hydrogen-bond donors (Lipinski definition) is 2. The van der Waals surface area contributed by atoms with Crippen molar-refractivity contribution in [3.63, 3.8) is 0 Å². The molecule has 26 heavy (non-hydrogen) atoms. The number of nitrogens with one attached hydrogen (secondary N) is 2. The molecule has 3 rings (SSSR count). The van der Waals surface area contributed by atoms with Gasteiger partial charge in [-0.3, -0.25) is 9.59 Å². The van der Waals surface area contributed by atoms with Crippen molar-refractivity contribution < 1.29 is 14.3 Å². The fourth-order valence-electron chi connectivity index (χ4n) is 3.48. The first-order chi connectivity index (χ1) is 12.6. The Morgan fingerprint density at radius 1 is 1.15 bits per heavy atom. The first-order valence-corrected chi connectivity index (χ1v) is 10.2. The molecule has 1 aliphatic heterocycles. The smallest absolute Gasteiger partial charge is 0.265 e. The zero-order chi connectivity index (χ0) is 18.5. The van der Waals surface area contributed by atoms with Crippen molar-refractivity contribution in [3.8, 4) is 0 Å². The average Bonchev–Trinajstić information content (AvgIpc) is 2.64. The molecule has 1 aromatic carbocycles. The van der Waals surface area contributed by atoms with Crippen LogP contribution in [0.3, 0.4) is 0 Å². The highest BCUT2D eigenvalue weighted by Crippen LogP contribution is 2.28. The minimum Gasteiger partial charge on any atom is -0.496 e. The van der Waals surface area contributed by atoms with Crippen molar-refractivity contribution in [2.24, 2.45) is 5.92 Å². The minimum absolute atomic E-state index is 0.127. The lowest BCUT2D eigenvalue weighted by atomic mass is 9.86. The number of carbonyl (C=O) groups excluding carboxylic acids is 2. The Kier molecular flexibility index (Phi) is 6.25. The normalized spacial score (nSPS) is 23.2. The summed E-state index contributed by atoms with van der Waals surface area (Å²) in [4.78, 5) is 26.0. The number of carbonyl (C=O) groups is 2. The van der Waals surface area contributed by atoms with Crippen LogP contribution >= 0.6 is 11.8 Å². The van der Waals surface area contributed by atoms with Crippen LogP contribution in [0.5, 0.6) is 0 Å². The molecule has 2 amide bonds. The maximum Gasteiger partial charge on any atom is 0.265 e. The van der Waals surface area contributed by atoms with Gasteiger partial charge in [0.1, 0.15) is 10.7 Å². The molecule has 0 unspecified atom stereocenters. The summed E-state index contributed by atoms with van der Waals surface area (Å²) in [5, 5.41) is 6.04. The van der Waals surface area contributed by atoms with Crippen molar-refractivity contribution >= 4 is 29.3 Å². The monoisotopic (exact) mass is 374 g/mol. The Bertz CT molecular complexity index is 717. The predicted molar refractivity (Wildman–Crippen MR) is 105 cm³/mol.